The van der Waals surface area contributed by atoms with E-state index in [4.69, 9.17) is 4.74 Å². The van der Waals surface area contributed by atoms with Crippen LogP contribution in [0.3, 0.4) is 0 Å². The van der Waals surface area contributed by atoms with Crippen LogP contribution in [-0.2, 0) is 11.3 Å². The van der Waals surface area contributed by atoms with Crippen molar-refractivity contribution in [2.75, 3.05) is 7.11 Å². The van der Waals surface area contributed by atoms with Crippen LogP contribution in [-0.4, -0.2) is 18.0 Å². The molecule has 0 fully saturated rings. The summed E-state index contributed by atoms with van der Waals surface area (Å²) >= 11 is 0. The van der Waals surface area contributed by atoms with Gasteiger partial charge in [0.15, 0.2) is 0 Å². The number of hydrogen-bond donors (Lipinski definition) is 0. The average molecular weight is 239 g/mol. The Labute approximate surface area is 105 Å². The van der Waals surface area contributed by atoms with Crippen molar-refractivity contribution in [1.82, 2.24) is 4.57 Å². The molecule has 1 aromatic heterocycles. The Morgan fingerprint density at radius 1 is 1.11 bits per heavy atom. The first-order valence-corrected chi connectivity index (χ1v) is 5.84. The van der Waals surface area contributed by atoms with Crippen molar-refractivity contribution in [3.8, 4) is 5.75 Å². The molecular formula is C15H13NO2. The summed E-state index contributed by atoms with van der Waals surface area (Å²) in [7, 11) is 1.65. The number of hydrogen-bond acceptors (Lipinski definition) is 2. The van der Waals surface area contributed by atoms with Crippen LogP contribution in [0.1, 0.15) is 0 Å². The predicted molar refractivity (Wildman–Crippen MR) is 72.1 cm³/mol. The molecule has 3 rings (SSSR count). The lowest BCUT2D eigenvalue weighted by Gasteiger charge is -2.03. The highest BCUT2D eigenvalue weighted by atomic mass is 16.5. The van der Waals surface area contributed by atoms with Gasteiger partial charge >= 0.3 is 0 Å². The third-order valence-corrected chi connectivity index (χ3v) is 3.24. The van der Waals surface area contributed by atoms with E-state index in [-0.39, 0.29) is 0 Å². The summed E-state index contributed by atoms with van der Waals surface area (Å²) in [6.07, 6.45) is 0.922. The van der Waals surface area contributed by atoms with Crippen molar-refractivity contribution in [2.24, 2.45) is 0 Å². The molecule has 0 saturated heterocycles. The number of carbonyl (C=O) groups excluding carboxylic acids is 1. The molecule has 0 atom stereocenters. The first-order valence-electron chi connectivity index (χ1n) is 5.84. The SMILES string of the molecule is COc1ccc2c3ccccc3n(CC=O)c2c1. The molecule has 3 heteroatoms. The van der Waals surface area contributed by atoms with Gasteiger partial charge < -0.3 is 14.1 Å². The third kappa shape index (κ3) is 1.48. The fourth-order valence-corrected chi connectivity index (χ4v) is 2.43. The molecule has 0 spiro atoms. The van der Waals surface area contributed by atoms with Crippen LogP contribution in [0.15, 0.2) is 42.5 Å². The number of fused-ring (bicyclic) bond motifs is 3. The predicted octanol–water partition coefficient (Wildman–Crippen LogP) is 3.00. The molecular weight excluding hydrogens is 226 g/mol. The Morgan fingerprint density at radius 3 is 2.67 bits per heavy atom. The molecule has 2 aromatic carbocycles. The Kier molecular flexibility index (Phi) is 2.52. The molecule has 0 aliphatic rings. The monoisotopic (exact) mass is 239 g/mol. The molecule has 0 bridgehead atoms. The summed E-state index contributed by atoms with van der Waals surface area (Å²) in [4.78, 5) is 10.9. The van der Waals surface area contributed by atoms with Gasteiger partial charge in [-0.1, -0.05) is 18.2 Å². The number of nitrogens with zero attached hydrogens (tertiary/aromatic N) is 1. The minimum absolute atomic E-state index is 0.358. The summed E-state index contributed by atoms with van der Waals surface area (Å²) in [5.41, 5.74) is 2.11. The number of methoxy groups -OCH3 is 1. The Hall–Kier alpha value is -2.29. The van der Waals surface area contributed by atoms with Gasteiger partial charge in [0, 0.05) is 22.4 Å². The van der Waals surface area contributed by atoms with Crippen molar-refractivity contribution >= 4 is 28.1 Å². The van der Waals surface area contributed by atoms with Crippen molar-refractivity contribution in [2.45, 2.75) is 6.54 Å². The minimum atomic E-state index is 0.358. The lowest BCUT2D eigenvalue weighted by atomic mass is 10.1. The van der Waals surface area contributed by atoms with Crippen LogP contribution >= 0.6 is 0 Å². The summed E-state index contributed by atoms with van der Waals surface area (Å²) in [6, 6.07) is 14.1. The molecule has 3 aromatic rings. The number of para-hydroxylation sites is 1. The topological polar surface area (TPSA) is 31.2 Å². The molecule has 0 radical (unpaired) electrons. The first kappa shape index (κ1) is 10.8. The van der Waals surface area contributed by atoms with Crippen LogP contribution in [0.2, 0.25) is 0 Å². The maximum atomic E-state index is 10.9. The van der Waals surface area contributed by atoms with Gasteiger partial charge in [-0.05, 0) is 18.2 Å². The number of aldehydes is 1. The standard InChI is InChI=1S/C15H13NO2/c1-18-11-6-7-13-12-4-2-3-5-14(12)16(8-9-17)15(13)10-11/h2-7,9-10H,8H2,1H3. The number of rotatable bonds is 3. The molecule has 1 heterocycles. The molecule has 3 nitrogen and oxygen atoms in total. The number of ether oxygens (including phenoxy) is 1. The summed E-state index contributed by atoms with van der Waals surface area (Å²) < 4.78 is 7.26. The van der Waals surface area contributed by atoms with Crippen LogP contribution < -0.4 is 4.74 Å². The van der Waals surface area contributed by atoms with E-state index in [0.717, 1.165) is 33.8 Å². The fourth-order valence-electron chi connectivity index (χ4n) is 2.43. The fraction of sp³-hybridized carbons (Fsp3) is 0.133. The van der Waals surface area contributed by atoms with E-state index in [0.29, 0.717) is 6.54 Å². The highest BCUT2D eigenvalue weighted by molar-refractivity contribution is 6.08. The van der Waals surface area contributed by atoms with Crippen LogP contribution in [0.5, 0.6) is 5.75 Å². The molecule has 0 unspecified atom stereocenters. The second kappa shape index (κ2) is 4.18. The third-order valence-electron chi connectivity index (χ3n) is 3.24. The minimum Gasteiger partial charge on any atom is -0.497 e. The average Bonchev–Trinajstić information content (AvgIpc) is 2.73. The highest BCUT2D eigenvalue weighted by Crippen LogP contribution is 2.31. The van der Waals surface area contributed by atoms with E-state index in [9.17, 15) is 4.79 Å². The van der Waals surface area contributed by atoms with E-state index in [1.807, 2.05) is 41.0 Å². The Balaban J connectivity index is 2.45. The molecule has 0 aliphatic carbocycles. The van der Waals surface area contributed by atoms with Gasteiger partial charge in [0.1, 0.15) is 12.0 Å². The van der Waals surface area contributed by atoms with Crippen molar-refractivity contribution < 1.29 is 9.53 Å². The summed E-state index contributed by atoms with van der Waals surface area (Å²) in [6.45, 7) is 0.358. The zero-order valence-electron chi connectivity index (χ0n) is 10.1. The van der Waals surface area contributed by atoms with Crippen molar-refractivity contribution in [3.63, 3.8) is 0 Å². The van der Waals surface area contributed by atoms with Gasteiger partial charge in [-0.3, -0.25) is 0 Å². The van der Waals surface area contributed by atoms with Gasteiger partial charge in [-0.2, -0.15) is 0 Å². The maximum Gasteiger partial charge on any atom is 0.139 e. The molecule has 0 N–H and O–H groups in total. The van der Waals surface area contributed by atoms with E-state index in [1.165, 1.54) is 0 Å². The second-order valence-electron chi connectivity index (χ2n) is 4.18. The molecule has 18 heavy (non-hydrogen) atoms. The van der Waals surface area contributed by atoms with E-state index >= 15 is 0 Å². The lowest BCUT2D eigenvalue weighted by Crippen LogP contribution is -1.98. The van der Waals surface area contributed by atoms with Gasteiger partial charge in [-0.15, -0.1) is 0 Å². The van der Waals surface area contributed by atoms with Gasteiger partial charge in [0.25, 0.3) is 0 Å². The Bertz CT molecular complexity index is 728. The number of carbonyl (C=O) groups is 1. The van der Waals surface area contributed by atoms with Gasteiger partial charge in [-0.25, -0.2) is 0 Å². The molecule has 0 amide bonds. The van der Waals surface area contributed by atoms with E-state index < -0.39 is 0 Å². The largest absolute Gasteiger partial charge is 0.497 e. The summed E-state index contributed by atoms with van der Waals surface area (Å²) in [5, 5.41) is 2.31. The zero-order valence-corrected chi connectivity index (χ0v) is 10.1. The number of benzene rings is 2. The second-order valence-corrected chi connectivity index (χ2v) is 4.18. The van der Waals surface area contributed by atoms with Crippen LogP contribution in [0.4, 0.5) is 0 Å². The van der Waals surface area contributed by atoms with Gasteiger partial charge in [0.2, 0.25) is 0 Å². The molecule has 90 valence electrons. The van der Waals surface area contributed by atoms with Crippen molar-refractivity contribution in [3.05, 3.63) is 42.5 Å². The number of aromatic nitrogens is 1. The lowest BCUT2D eigenvalue weighted by molar-refractivity contribution is -0.108. The molecule has 0 saturated carbocycles. The normalized spacial score (nSPS) is 10.9. The maximum absolute atomic E-state index is 10.9. The summed E-state index contributed by atoms with van der Waals surface area (Å²) in [5.74, 6) is 0.803. The Morgan fingerprint density at radius 2 is 1.89 bits per heavy atom. The zero-order chi connectivity index (χ0) is 12.5. The quantitative estimate of drug-likeness (QED) is 0.658. The highest BCUT2D eigenvalue weighted by Gasteiger charge is 2.10. The van der Waals surface area contributed by atoms with Crippen LogP contribution in [0, 0.1) is 0 Å². The van der Waals surface area contributed by atoms with Gasteiger partial charge in [0.05, 0.1) is 19.2 Å². The smallest absolute Gasteiger partial charge is 0.139 e. The van der Waals surface area contributed by atoms with E-state index in [1.54, 1.807) is 7.11 Å². The molecule has 0 aliphatic heterocycles. The van der Waals surface area contributed by atoms with Crippen molar-refractivity contribution in [1.29, 1.82) is 0 Å². The van der Waals surface area contributed by atoms with Crippen LogP contribution in [0.25, 0.3) is 21.8 Å². The first-order chi connectivity index (χ1) is 8.85. The van der Waals surface area contributed by atoms with E-state index in [2.05, 4.69) is 6.07 Å².